The van der Waals surface area contributed by atoms with Crippen molar-refractivity contribution in [2.75, 3.05) is 6.54 Å². The summed E-state index contributed by atoms with van der Waals surface area (Å²) in [6, 6.07) is 4.23. The van der Waals surface area contributed by atoms with E-state index in [1.54, 1.807) is 17.5 Å². The van der Waals surface area contributed by atoms with Gasteiger partial charge >= 0.3 is 0 Å². The number of amides is 1. The number of carbonyl (C=O) groups excluding carboxylic acids is 1. The molecular weight excluding hydrogens is 306 g/mol. The van der Waals surface area contributed by atoms with Gasteiger partial charge in [0.1, 0.15) is 5.01 Å². The number of thiazole rings is 1. The molecule has 4 nitrogen and oxygen atoms in total. The van der Waals surface area contributed by atoms with Crippen LogP contribution in [0.25, 0.3) is 0 Å². The molecule has 120 valence electrons. The Kier molecular flexibility index (Phi) is 3.89. The van der Waals surface area contributed by atoms with Crippen molar-refractivity contribution in [3.63, 3.8) is 0 Å². The molecule has 2 fully saturated rings. The summed E-state index contributed by atoms with van der Waals surface area (Å²) in [6.45, 7) is 2.90. The Balaban J connectivity index is 1.51. The van der Waals surface area contributed by atoms with Crippen LogP contribution in [0.4, 0.5) is 0 Å². The molecule has 0 N–H and O–H groups in total. The number of piperidine rings is 1. The Bertz CT molecular complexity index is 699. The predicted octanol–water partition coefficient (Wildman–Crippen LogP) is 3.70. The van der Waals surface area contributed by atoms with Gasteiger partial charge in [0.2, 0.25) is 5.91 Å². The van der Waals surface area contributed by atoms with Gasteiger partial charge in [-0.05, 0) is 50.2 Å². The van der Waals surface area contributed by atoms with E-state index in [2.05, 4.69) is 26.3 Å². The summed E-state index contributed by atoms with van der Waals surface area (Å²) in [7, 11) is 0. The molecule has 1 saturated heterocycles. The second kappa shape index (κ2) is 6.04. The number of hydrogen-bond acceptors (Lipinski definition) is 4. The number of aryl methyl sites for hydroxylation is 1. The Morgan fingerprint density at radius 3 is 3.04 bits per heavy atom. The van der Waals surface area contributed by atoms with Crippen molar-refractivity contribution in [1.29, 1.82) is 0 Å². The number of pyridine rings is 1. The summed E-state index contributed by atoms with van der Waals surface area (Å²) in [6.07, 6.45) is 7.98. The van der Waals surface area contributed by atoms with Crippen molar-refractivity contribution in [2.24, 2.45) is 5.92 Å². The Morgan fingerprint density at radius 1 is 1.39 bits per heavy atom. The summed E-state index contributed by atoms with van der Waals surface area (Å²) in [5, 5.41) is 3.19. The molecule has 0 spiro atoms. The van der Waals surface area contributed by atoms with Gasteiger partial charge in [-0.15, -0.1) is 11.3 Å². The monoisotopic (exact) mass is 327 g/mol. The zero-order valence-corrected chi connectivity index (χ0v) is 14.1. The summed E-state index contributed by atoms with van der Waals surface area (Å²) >= 11 is 1.69. The van der Waals surface area contributed by atoms with Crippen LogP contribution in [0.2, 0.25) is 0 Å². The molecule has 5 heteroatoms. The lowest BCUT2D eigenvalue weighted by Gasteiger charge is -2.35. The molecule has 3 atom stereocenters. The smallest absolute Gasteiger partial charge is 0.226 e. The van der Waals surface area contributed by atoms with Gasteiger partial charge in [-0.3, -0.25) is 9.78 Å². The van der Waals surface area contributed by atoms with Crippen LogP contribution in [0, 0.1) is 12.8 Å². The van der Waals surface area contributed by atoms with Crippen molar-refractivity contribution in [1.82, 2.24) is 14.9 Å². The average molecular weight is 327 g/mol. The molecular formula is C18H21N3OS. The Hall–Kier alpha value is -1.75. The van der Waals surface area contributed by atoms with Gasteiger partial charge in [0.05, 0.1) is 6.04 Å². The molecule has 0 bridgehead atoms. The molecule has 2 aromatic rings. The number of nitrogens with zero attached hydrogens (tertiary/aromatic N) is 3. The number of aromatic nitrogens is 2. The molecule has 0 unspecified atom stereocenters. The van der Waals surface area contributed by atoms with Crippen LogP contribution in [0.5, 0.6) is 0 Å². The molecule has 2 aliphatic rings. The molecule has 0 aromatic carbocycles. The van der Waals surface area contributed by atoms with Crippen molar-refractivity contribution >= 4 is 17.2 Å². The van der Waals surface area contributed by atoms with E-state index in [1.165, 1.54) is 12.0 Å². The van der Waals surface area contributed by atoms with Crippen LogP contribution in [0.15, 0.2) is 29.9 Å². The van der Waals surface area contributed by atoms with E-state index < -0.39 is 0 Å². The van der Waals surface area contributed by atoms with E-state index in [0.29, 0.717) is 11.8 Å². The first-order valence-corrected chi connectivity index (χ1v) is 9.24. The van der Waals surface area contributed by atoms with Gasteiger partial charge < -0.3 is 4.90 Å². The van der Waals surface area contributed by atoms with Gasteiger partial charge in [0.15, 0.2) is 0 Å². The molecule has 3 heterocycles. The third kappa shape index (κ3) is 2.90. The molecule has 1 aliphatic carbocycles. The number of carbonyl (C=O) groups is 1. The minimum atomic E-state index is 0.140. The molecule has 23 heavy (non-hydrogen) atoms. The first-order valence-electron chi connectivity index (χ1n) is 8.36. The zero-order valence-electron chi connectivity index (χ0n) is 13.3. The first kappa shape index (κ1) is 14.8. The van der Waals surface area contributed by atoms with Crippen LogP contribution in [-0.4, -0.2) is 27.3 Å². The van der Waals surface area contributed by atoms with E-state index in [9.17, 15) is 4.79 Å². The van der Waals surface area contributed by atoms with Crippen molar-refractivity contribution in [2.45, 2.75) is 44.6 Å². The van der Waals surface area contributed by atoms with E-state index in [-0.39, 0.29) is 12.0 Å². The average Bonchev–Trinajstić information content (AvgIpc) is 3.29. The Labute approximate surface area is 140 Å². The van der Waals surface area contributed by atoms with Crippen LogP contribution in [0.3, 0.4) is 0 Å². The van der Waals surface area contributed by atoms with Crippen LogP contribution in [0.1, 0.15) is 53.9 Å². The lowest BCUT2D eigenvalue weighted by atomic mass is 10.0. The third-order valence-corrected chi connectivity index (χ3v) is 5.99. The lowest BCUT2D eigenvalue weighted by molar-refractivity contribution is -0.136. The molecule has 2 aromatic heterocycles. The largest absolute Gasteiger partial charge is 0.333 e. The van der Waals surface area contributed by atoms with Gasteiger partial charge in [-0.25, -0.2) is 4.98 Å². The normalized spacial score (nSPS) is 27.0. The first-order chi connectivity index (χ1) is 11.2. The summed E-state index contributed by atoms with van der Waals surface area (Å²) < 4.78 is 0. The fourth-order valence-corrected chi connectivity index (χ4v) is 4.56. The van der Waals surface area contributed by atoms with Crippen molar-refractivity contribution in [3.8, 4) is 0 Å². The molecule has 4 rings (SSSR count). The summed E-state index contributed by atoms with van der Waals surface area (Å²) in [5.74, 6) is 0.814. The van der Waals surface area contributed by atoms with Crippen LogP contribution in [-0.2, 0) is 4.79 Å². The standard InChI is InChI=1S/C18H21N3OS/c1-12-11-23-17(20-12)16-6-2-3-8-21(16)18(22)15-9-14(15)13-5-4-7-19-10-13/h4-5,7,10-11,14-16H,2-3,6,8-9H2,1H3/t14-,15+,16-/m0/s1. The van der Waals surface area contributed by atoms with E-state index in [4.69, 9.17) is 0 Å². The van der Waals surface area contributed by atoms with E-state index >= 15 is 0 Å². The second-order valence-corrected chi connectivity index (χ2v) is 7.50. The van der Waals surface area contributed by atoms with Gasteiger partial charge in [0, 0.05) is 35.9 Å². The second-order valence-electron chi connectivity index (χ2n) is 6.61. The predicted molar refractivity (Wildman–Crippen MR) is 90.2 cm³/mol. The van der Waals surface area contributed by atoms with E-state index in [0.717, 1.165) is 36.5 Å². The number of rotatable bonds is 3. The van der Waals surface area contributed by atoms with E-state index in [1.807, 2.05) is 19.2 Å². The minimum absolute atomic E-state index is 0.140. The SMILES string of the molecule is Cc1csc([C@@H]2CCCCN2C(=O)[C@@H]2C[C@H]2c2cccnc2)n1. The molecule has 1 aliphatic heterocycles. The third-order valence-electron chi connectivity index (χ3n) is 4.93. The van der Waals surface area contributed by atoms with Crippen LogP contribution < -0.4 is 0 Å². The van der Waals surface area contributed by atoms with Gasteiger partial charge in [-0.1, -0.05) is 6.07 Å². The van der Waals surface area contributed by atoms with Gasteiger partial charge in [0.25, 0.3) is 0 Å². The molecule has 0 radical (unpaired) electrons. The molecule has 1 amide bonds. The van der Waals surface area contributed by atoms with Crippen molar-refractivity contribution in [3.05, 3.63) is 46.2 Å². The topological polar surface area (TPSA) is 46.1 Å². The maximum Gasteiger partial charge on any atom is 0.226 e. The minimum Gasteiger partial charge on any atom is -0.333 e. The van der Waals surface area contributed by atoms with Crippen LogP contribution >= 0.6 is 11.3 Å². The van der Waals surface area contributed by atoms with Gasteiger partial charge in [-0.2, -0.15) is 0 Å². The number of hydrogen-bond donors (Lipinski definition) is 0. The highest BCUT2D eigenvalue weighted by Crippen LogP contribution is 2.49. The van der Waals surface area contributed by atoms with Crippen molar-refractivity contribution < 1.29 is 4.79 Å². The maximum absolute atomic E-state index is 13.0. The maximum atomic E-state index is 13.0. The molecule has 1 saturated carbocycles. The lowest BCUT2D eigenvalue weighted by Crippen LogP contribution is -2.39. The highest BCUT2D eigenvalue weighted by Gasteiger charge is 2.47. The highest BCUT2D eigenvalue weighted by atomic mass is 32.1. The zero-order chi connectivity index (χ0) is 15.8. The fourth-order valence-electron chi connectivity index (χ4n) is 3.62. The number of likely N-dealkylation sites (tertiary alicyclic amines) is 1. The fraction of sp³-hybridized carbons (Fsp3) is 0.500. The summed E-state index contributed by atoms with van der Waals surface area (Å²) in [4.78, 5) is 23.9. The quantitative estimate of drug-likeness (QED) is 0.863. The summed E-state index contributed by atoms with van der Waals surface area (Å²) in [5.41, 5.74) is 2.26. The Morgan fingerprint density at radius 2 is 2.30 bits per heavy atom. The highest BCUT2D eigenvalue weighted by molar-refractivity contribution is 7.09.